The smallest absolute Gasteiger partial charge is 0.220 e. The molecule has 0 bridgehead atoms. The average Bonchev–Trinajstić information content (AvgIpc) is 2.70. The third kappa shape index (κ3) is 4.23. The Bertz CT molecular complexity index is 191. The highest BCUT2D eigenvalue weighted by molar-refractivity contribution is 8.13. The van der Waals surface area contributed by atoms with Crippen molar-refractivity contribution >= 4 is 22.8 Å². The van der Waals surface area contributed by atoms with E-state index < -0.39 is 0 Å². The van der Waals surface area contributed by atoms with E-state index >= 15 is 0 Å². The van der Waals surface area contributed by atoms with Gasteiger partial charge in [-0.1, -0.05) is 11.8 Å². The van der Waals surface area contributed by atoms with E-state index in [-0.39, 0.29) is 11.1 Å². The minimum atomic E-state index is 0.0433. The lowest BCUT2D eigenvalue weighted by Gasteiger charge is -2.02. The number of carbonyl (C=O) groups excluding carboxylic acids is 1. The molecule has 68 valence electrons. The maximum atomic E-state index is 11.0. The second-order valence-electron chi connectivity index (χ2n) is 2.90. The number of nitrogens with two attached hydrogens (primary N) is 1. The fourth-order valence-electron chi connectivity index (χ4n) is 0.851. The van der Waals surface area contributed by atoms with Crippen LogP contribution in [0.5, 0.6) is 0 Å². The Labute approximate surface area is 75.8 Å². The van der Waals surface area contributed by atoms with Gasteiger partial charge in [-0.25, -0.2) is 0 Å². The van der Waals surface area contributed by atoms with Gasteiger partial charge in [-0.05, 0) is 18.8 Å². The van der Waals surface area contributed by atoms with Crippen molar-refractivity contribution in [1.82, 2.24) is 5.32 Å². The summed E-state index contributed by atoms with van der Waals surface area (Å²) < 4.78 is 0. The first-order chi connectivity index (χ1) is 5.68. The van der Waals surface area contributed by atoms with Gasteiger partial charge in [0.15, 0.2) is 5.17 Å². The molecule has 1 fully saturated rings. The van der Waals surface area contributed by atoms with Crippen molar-refractivity contribution in [3.8, 4) is 0 Å². The number of hydrogen-bond donors (Lipinski definition) is 3. The third-order valence-corrected chi connectivity index (χ3v) is 2.27. The van der Waals surface area contributed by atoms with Crippen LogP contribution < -0.4 is 11.1 Å². The van der Waals surface area contributed by atoms with E-state index in [4.69, 9.17) is 11.1 Å². The summed E-state index contributed by atoms with van der Waals surface area (Å²) in [5.74, 6) is 1.11. The highest BCUT2D eigenvalue weighted by Gasteiger charge is 2.23. The lowest BCUT2D eigenvalue weighted by atomic mass is 10.3. The molecule has 0 aromatic carbocycles. The van der Waals surface area contributed by atoms with Crippen LogP contribution in [-0.4, -0.2) is 17.0 Å². The van der Waals surface area contributed by atoms with Crippen LogP contribution in [0.4, 0.5) is 0 Å². The summed E-state index contributed by atoms with van der Waals surface area (Å²) in [6.07, 6.45) is 3.01. The minimum absolute atomic E-state index is 0.0433. The molecular formula is C7H13N3OS. The largest absolute Gasteiger partial charge is 0.379 e. The average molecular weight is 187 g/mol. The molecule has 1 aliphatic rings. The second-order valence-corrected chi connectivity index (χ2v) is 3.92. The van der Waals surface area contributed by atoms with Crippen LogP contribution in [-0.2, 0) is 4.79 Å². The first-order valence-corrected chi connectivity index (χ1v) is 4.90. The summed E-state index contributed by atoms with van der Waals surface area (Å²) in [6, 6.07) is 0. The lowest BCUT2D eigenvalue weighted by molar-refractivity contribution is -0.121. The summed E-state index contributed by atoms with van der Waals surface area (Å²) in [6.45, 7) is 0. The van der Waals surface area contributed by atoms with Crippen molar-refractivity contribution in [3.63, 3.8) is 0 Å². The molecule has 4 nitrogen and oxygen atoms in total. The Hall–Kier alpha value is -0.710. The second kappa shape index (κ2) is 4.35. The molecule has 0 spiro atoms. The Morgan fingerprint density at radius 1 is 1.67 bits per heavy atom. The number of thioether (sulfide) groups is 1. The fourth-order valence-corrected chi connectivity index (χ4v) is 1.24. The standard InChI is InChI=1S/C7H13N3OS/c8-7(9)12-4-10-6(11)3-5-1-2-5/h5H,1-4H2,(H3,8,9)(H,10,11). The lowest BCUT2D eigenvalue weighted by Crippen LogP contribution is -2.24. The van der Waals surface area contributed by atoms with Crippen molar-refractivity contribution in [2.24, 2.45) is 11.7 Å². The summed E-state index contributed by atoms with van der Waals surface area (Å²) >= 11 is 1.14. The van der Waals surface area contributed by atoms with E-state index in [1.54, 1.807) is 0 Å². The van der Waals surface area contributed by atoms with Crippen molar-refractivity contribution in [1.29, 1.82) is 5.41 Å². The number of amides is 1. The van der Waals surface area contributed by atoms with Gasteiger partial charge >= 0.3 is 0 Å². The van der Waals surface area contributed by atoms with Crippen LogP contribution in [0.3, 0.4) is 0 Å². The molecule has 0 heterocycles. The van der Waals surface area contributed by atoms with E-state index in [0.29, 0.717) is 18.2 Å². The molecule has 12 heavy (non-hydrogen) atoms. The van der Waals surface area contributed by atoms with Crippen molar-refractivity contribution < 1.29 is 4.79 Å². The van der Waals surface area contributed by atoms with Crippen LogP contribution in [0.25, 0.3) is 0 Å². The van der Waals surface area contributed by atoms with Gasteiger partial charge in [0.2, 0.25) is 5.91 Å². The topological polar surface area (TPSA) is 79.0 Å². The van der Waals surface area contributed by atoms with Gasteiger partial charge in [0.05, 0.1) is 5.88 Å². The molecule has 1 saturated carbocycles. The predicted molar refractivity (Wildman–Crippen MR) is 49.9 cm³/mol. The molecule has 1 rings (SSSR count). The zero-order valence-corrected chi connectivity index (χ0v) is 7.62. The molecule has 1 amide bonds. The summed E-state index contributed by atoms with van der Waals surface area (Å²) in [5.41, 5.74) is 5.09. The highest BCUT2D eigenvalue weighted by Crippen LogP contribution is 2.32. The van der Waals surface area contributed by atoms with Gasteiger partial charge in [-0.3, -0.25) is 10.2 Å². The van der Waals surface area contributed by atoms with Gasteiger partial charge in [0, 0.05) is 6.42 Å². The quantitative estimate of drug-likeness (QED) is 0.340. The van der Waals surface area contributed by atoms with E-state index in [0.717, 1.165) is 11.8 Å². The Balaban J connectivity index is 1.97. The first kappa shape index (κ1) is 9.38. The number of nitrogens with one attached hydrogen (secondary N) is 2. The zero-order chi connectivity index (χ0) is 8.97. The van der Waals surface area contributed by atoms with Crippen molar-refractivity contribution in [2.75, 3.05) is 5.88 Å². The van der Waals surface area contributed by atoms with Crippen LogP contribution >= 0.6 is 11.8 Å². The molecule has 4 N–H and O–H groups in total. The van der Waals surface area contributed by atoms with Gasteiger partial charge < -0.3 is 11.1 Å². The molecule has 0 atom stereocenters. The van der Waals surface area contributed by atoms with Gasteiger partial charge in [0.25, 0.3) is 0 Å². The number of rotatable bonds is 4. The molecule has 0 radical (unpaired) electrons. The molecule has 0 aromatic rings. The van der Waals surface area contributed by atoms with Gasteiger partial charge in [-0.2, -0.15) is 0 Å². The maximum absolute atomic E-state index is 11.0. The summed E-state index contributed by atoms with van der Waals surface area (Å²) in [5, 5.41) is 9.61. The van der Waals surface area contributed by atoms with E-state index in [1.165, 1.54) is 12.8 Å². The number of hydrogen-bond acceptors (Lipinski definition) is 3. The molecule has 0 saturated heterocycles. The Morgan fingerprint density at radius 3 is 2.83 bits per heavy atom. The van der Waals surface area contributed by atoms with Crippen molar-refractivity contribution in [2.45, 2.75) is 19.3 Å². The highest BCUT2D eigenvalue weighted by atomic mass is 32.2. The van der Waals surface area contributed by atoms with Crippen molar-refractivity contribution in [3.05, 3.63) is 0 Å². The third-order valence-electron chi connectivity index (χ3n) is 1.67. The van der Waals surface area contributed by atoms with Gasteiger partial charge in [0.1, 0.15) is 0 Å². The van der Waals surface area contributed by atoms with E-state index in [9.17, 15) is 4.79 Å². The molecular weight excluding hydrogens is 174 g/mol. The Kier molecular flexibility index (Phi) is 3.40. The molecule has 0 unspecified atom stereocenters. The molecule has 1 aliphatic carbocycles. The summed E-state index contributed by atoms with van der Waals surface area (Å²) in [4.78, 5) is 11.0. The minimum Gasteiger partial charge on any atom is -0.379 e. The molecule has 0 aliphatic heterocycles. The maximum Gasteiger partial charge on any atom is 0.220 e. The van der Waals surface area contributed by atoms with Crippen LogP contribution in [0, 0.1) is 11.3 Å². The number of carbonyl (C=O) groups is 1. The predicted octanol–water partition coefficient (Wildman–Crippen LogP) is 0.487. The Morgan fingerprint density at radius 2 is 2.33 bits per heavy atom. The van der Waals surface area contributed by atoms with E-state index in [1.807, 2.05) is 0 Å². The number of amidine groups is 1. The fraction of sp³-hybridized carbons (Fsp3) is 0.714. The molecule has 5 heteroatoms. The van der Waals surface area contributed by atoms with Gasteiger partial charge in [-0.15, -0.1) is 0 Å². The normalized spacial score (nSPS) is 15.7. The monoisotopic (exact) mass is 187 g/mol. The first-order valence-electron chi connectivity index (χ1n) is 3.92. The van der Waals surface area contributed by atoms with E-state index in [2.05, 4.69) is 5.32 Å². The zero-order valence-electron chi connectivity index (χ0n) is 6.80. The molecule has 0 aromatic heterocycles. The van der Waals surface area contributed by atoms with Crippen LogP contribution in [0.15, 0.2) is 0 Å². The SMILES string of the molecule is N=C(N)SCNC(=O)CC1CC1. The van der Waals surface area contributed by atoms with Crippen LogP contribution in [0.1, 0.15) is 19.3 Å². The van der Waals surface area contributed by atoms with Crippen LogP contribution in [0.2, 0.25) is 0 Å². The summed E-state index contributed by atoms with van der Waals surface area (Å²) in [7, 11) is 0.